The SMILES string of the molecule is CC(C)c1cc(C(=O)NCC(c2ccco2)N2CCCC2)c2ccccc2n1. The minimum absolute atomic E-state index is 0.0590. The minimum atomic E-state index is -0.0590. The largest absolute Gasteiger partial charge is 0.468 e. The van der Waals surface area contributed by atoms with E-state index in [9.17, 15) is 4.79 Å². The Morgan fingerprint density at radius 1 is 1.18 bits per heavy atom. The van der Waals surface area contributed by atoms with Crippen molar-refractivity contribution >= 4 is 16.8 Å². The molecule has 1 saturated heterocycles. The average Bonchev–Trinajstić information content (AvgIpc) is 3.42. The third kappa shape index (κ3) is 3.80. The van der Waals surface area contributed by atoms with Crippen LogP contribution in [0.3, 0.4) is 0 Å². The van der Waals surface area contributed by atoms with Crippen LogP contribution in [0.15, 0.2) is 53.1 Å². The highest BCUT2D eigenvalue weighted by Gasteiger charge is 2.26. The van der Waals surface area contributed by atoms with Crippen molar-refractivity contribution in [1.29, 1.82) is 0 Å². The first-order chi connectivity index (χ1) is 13.6. The zero-order valence-corrected chi connectivity index (χ0v) is 16.5. The van der Waals surface area contributed by atoms with Gasteiger partial charge in [-0.1, -0.05) is 32.0 Å². The third-order valence-electron chi connectivity index (χ3n) is 5.48. The summed E-state index contributed by atoms with van der Waals surface area (Å²) in [5.41, 5.74) is 2.49. The first kappa shape index (κ1) is 18.7. The molecule has 5 heteroatoms. The molecule has 1 unspecified atom stereocenters. The van der Waals surface area contributed by atoms with Gasteiger partial charge in [0.05, 0.1) is 23.4 Å². The Hall–Kier alpha value is -2.66. The summed E-state index contributed by atoms with van der Waals surface area (Å²) >= 11 is 0. The Morgan fingerprint density at radius 2 is 1.96 bits per heavy atom. The predicted octanol–water partition coefficient (Wildman–Crippen LogP) is 4.52. The first-order valence-electron chi connectivity index (χ1n) is 10.1. The summed E-state index contributed by atoms with van der Waals surface area (Å²) in [6, 6.07) is 13.7. The lowest BCUT2D eigenvalue weighted by molar-refractivity contribution is 0.0935. The van der Waals surface area contributed by atoms with Gasteiger partial charge in [0.15, 0.2) is 0 Å². The molecule has 1 N–H and O–H groups in total. The number of hydrogen-bond donors (Lipinski definition) is 1. The van der Waals surface area contributed by atoms with Crippen molar-refractivity contribution < 1.29 is 9.21 Å². The number of rotatable bonds is 6. The Kier molecular flexibility index (Phi) is 5.44. The fourth-order valence-corrected chi connectivity index (χ4v) is 3.91. The summed E-state index contributed by atoms with van der Waals surface area (Å²) in [7, 11) is 0. The number of furan rings is 1. The molecule has 3 heterocycles. The lowest BCUT2D eigenvalue weighted by Crippen LogP contribution is -2.36. The molecule has 5 nitrogen and oxygen atoms in total. The topological polar surface area (TPSA) is 58.4 Å². The summed E-state index contributed by atoms with van der Waals surface area (Å²) < 4.78 is 5.66. The number of fused-ring (bicyclic) bond motifs is 1. The summed E-state index contributed by atoms with van der Waals surface area (Å²) in [5.74, 6) is 1.11. The number of hydrogen-bond acceptors (Lipinski definition) is 4. The van der Waals surface area contributed by atoms with Gasteiger partial charge < -0.3 is 9.73 Å². The molecule has 0 spiro atoms. The van der Waals surface area contributed by atoms with Crippen LogP contribution in [0.25, 0.3) is 10.9 Å². The number of carbonyl (C=O) groups excluding carboxylic acids is 1. The van der Waals surface area contributed by atoms with Crippen LogP contribution >= 0.6 is 0 Å². The van der Waals surface area contributed by atoms with Gasteiger partial charge >= 0.3 is 0 Å². The smallest absolute Gasteiger partial charge is 0.252 e. The number of nitrogens with one attached hydrogen (secondary N) is 1. The molecule has 3 aromatic rings. The molecule has 1 atom stereocenters. The average molecular weight is 377 g/mol. The van der Waals surface area contributed by atoms with Crippen molar-refractivity contribution in [1.82, 2.24) is 15.2 Å². The van der Waals surface area contributed by atoms with Crippen LogP contribution in [0.4, 0.5) is 0 Å². The Bertz CT molecular complexity index is 944. The lowest BCUT2D eigenvalue weighted by Gasteiger charge is -2.26. The molecule has 4 rings (SSSR count). The maximum Gasteiger partial charge on any atom is 0.252 e. The van der Waals surface area contributed by atoms with Crippen LogP contribution in [0.1, 0.15) is 60.5 Å². The number of nitrogens with zero attached hydrogens (tertiary/aromatic N) is 2. The van der Waals surface area contributed by atoms with Gasteiger partial charge in [-0.15, -0.1) is 0 Å². The van der Waals surface area contributed by atoms with Gasteiger partial charge in [-0.3, -0.25) is 14.7 Å². The molecule has 1 aromatic carbocycles. The highest BCUT2D eigenvalue weighted by atomic mass is 16.3. The number of para-hydroxylation sites is 1. The van der Waals surface area contributed by atoms with E-state index < -0.39 is 0 Å². The Morgan fingerprint density at radius 3 is 2.68 bits per heavy atom. The maximum atomic E-state index is 13.1. The van der Waals surface area contributed by atoms with Crippen LogP contribution in [0, 0.1) is 0 Å². The highest BCUT2D eigenvalue weighted by Crippen LogP contribution is 2.26. The number of aromatic nitrogens is 1. The van der Waals surface area contributed by atoms with Gasteiger partial charge in [0.1, 0.15) is 5.76 Å². The van der Waals surface area contributed by atoms with E-state index in [0.717, 1.165) is 35.4 Å². The zero-order chi connectivity index (χ0) is 19.5. The summed E-state index contributed by atoms with van der Waals surface area (Å²) in [6.45, 7) is 6.80. The Labute approximate surface area is 165 Å². The number of likely N-dealkylation sites (tertiary alicyclic amines) is 1. The van der Waals surface area contributed by atoms with E-state index in [-0.39, 0.29) is 17.9 Å². The van der Waals surface area contributed by atoms with Crippen molar-refractivity contribution in [3.8, 4) is 0 Å². The third-order valence-corrected chi connectivity index (χ3v) is 5.48. The van der Waals surface area contributed by atoms with E-state index in [1.54, 1.807) is 6.26 Å². The molecule has 1 aliphatic heterocycles. The van der Waals surface area contributed by atoms with Crippen molar-refractivity contribution in [2.45, 2.75) is 38.6 Å². The molecule has 0 aliphatic carbocycles. The molecule has 146 valence electrons. The monoisotopic (exact) mass is 377 g/mol. The second-order valence-corrected chi connectivity index (χ2v) is 7.75. The molecule has 1 aliphatic rings. The normalized spacial score (nSPS) is 16.0. The second kappa shape index (κ2) is 8.15. The number of amides is 1. The molecular weight excluding hydrogens is 350 g/mol. The van der Waals surface area contributed by atoms with Crippen LogP contribution in [-0.4, -0.2) is 35.4 Å². The molecular formula is C23H27N3O2. The van der Waals surface area contributed by atoms with Crippen molar-refractivity contribution in [2.75, 3.05) is 19.6 Å². The van der Waals surface area contributed by atoms with Crippen molar-refractivity contribution in [3.63, 3.8) is 0 Å². The molecule has 0 bridgehead atoms. The van der Waals surface area contributed by atoms with Crippen LogP contribution < -0.4 is 5.32 Å². The molecule has 0 saturated carbocycles. The molecule has 1 fully saturated rings. The number of pyridine rings is 1. The fraction of sp³-hybridized carbons (Fsp3) is 0.391. The van der Waals surface area contributed by atoms with E-state index in [4.69, 9.17) is 9.40 Å². The second-order valence-electron chi connectivity index (χ2n) is 7.75. The van der Waals surface area contributed by atoms with Gasteiger partial charge in [0.2, 0.25) is 0 Å². The molecule has 28 heavy (non-hydrogen) atoms. The van der Waals surface area contributed by atoms with Gasteiger partial charge in [-0.25, -0.2) is 0 Å². The number of carbonyl (C=O) groups is 1. The maximum absolute atomic E-state index is 13.1. The predicted molar refractivity (Wildman–Crippen MR) is 110 cm³/mol. The van der Waals surface area contributed by atoms with Crippen molar-refractivity contribution in [2.24, 2.45) is 0 Å². The lowest BCUT2D eigenvalue weighted by atomic mass is 10.0. The van der Waals surface area contributed by atoms with Crippen LogP contribution in [0.5, 0.6) is 0 Å². The fourth-order valence-electron chi connectivity index (χ4n) is 3.91. The minimum Gasteiger partial charge on any atom is -0.468 e. The molecule has 1 amide bonds. The quantitative estimate of drug-likeness (QED) is 0.686. The molecule has 2 aromatic heterocycles. The van der Waals surface area contributed by atoms with Crippen molar-refractivity contribution in [3.05, 3.63) is 65.7 Å². The van der Waals surface area contributed by atoms with Gasteiger partial charge in [0, 0.05) is 17.6 Å². The summed E-state index contributed by atoms with van der Waals surface area (Å²) in [4.78, 5) is 20.2. The first-order valence-corrected chi connectivity index (χ1v) is 10.1. The van der Waals surface area contributed by atoms with E-state index in [0.29, 0.717) is 12.1 Å². The van der Waals surface area contributed by atoms with E-state index >= 15 is 0 Å². The van der Waals surface area contributed by atoms with Gasteiger partial charge in [-0.05, 0) is 56.1 Å². The van der Waals surface area contributed by atoms with Gasteiger partial charge in [-0.2, -0.15) is 0 Å². The van der Waals surface area contributed by atoms with E-state index in [1.807, 2.05) is 42.5 Å². The van der Waals surface area contributed by atoms with Gasteiger partial charge in [0.25, 0.3) is 5.91 Å². The van der Waals surface area contributed by atoms with E-state index in [2.05, 4.69) is 24.1 Å². The number of benzene rings is 1. The van der Waals surface area contributed by atoms with E-state index in [1.165, 1.54) is 12.8 Å². The highest BCUT2D eigenvalue weighted by molar-refractivity contribution is 6.06. The Balaban J connectivity index is 1.59. The van der Waals surface area contributed by atoms with Crippen LogP contribution in [-0.2, 0) is 0 Å². The van der Waals surface area contributed by atoms with Crippen LogP contribution in [0.2, 0.25) is 0 Å². The zero-order valence-electron chi connectivity index (χ0n) is 16.5. The standard InChI is InChI=1S/C23H27N3O2/c1-16(2)20-14-18(17-8-3-4-9-19(17)25-20)23(27)24-15-21(22-10-7-13-28-22)26-11-5-6-12-26/h3-4,7-10,13-14,16,21H,5-6,11-12,15H2,1-2H3,(H,24,27). The molecule has 0 radical (unpaired) electrons. The summed E-state index contributed by atoms with van der Waals surface area (Å²) in [5, 5.41) is 4.04. The summed E-state index contributed by atoms with van der Waals surface area (Å²) in [6.07, 6.45) is 4.08.